The summed E-state index contributed by atoms with van der Waals surface area (Å²) in [5.41, 5.74) is 19.4. The minimum Gasteiger partial charge on any atom is -0.208 e. The minimum absolute atomic E-state index is 0.619. The van der Waals surface area contributed by atoms with Crippen molar-refractivity contribution in [2.75, 3.05) is 0 Å². The lowest BCUT2D eigenvalue weighted by atomic mass is 9.89. The highest BCUT2D eigenvalue weighted by Crippen LogP contribution is 2.37. The first-order chi connectivity index (χ1) is 38.6. The highest BCUT2D eigenvalue weighted by atomic mass is 15.0. The largest absolute Gasteiger partial charge is 0.208 e. The Kier molecular flexibility index (Phi) is 13.1. The fourth-order valence-electron chi connectivity index (χ4n) is 10.2. The van der Waals surface area contributed by atoms with Gasteiger partial charge in [-0.15, -0.1) is 0 Å². The molecule has 0 saturated carbocycles. The van der Waals surface area contributed by atoms with E-state index in [9.17, 15) is 0 Å². The first kappa shape index (κ1) is 47.4. The lowest BCUT2D eigenvalue weighted by Crippen LogP contribution is -2.00. The van der Waals surface area contributed by atoms with Crippen LogP contribution < -0.4 is 0 Å². The number of allylic oxidation sites excluding steroid dienone is 4. The van der Waals surface area contributed by atoms with Crippen molar-refractivity contribution in [1.29, 1.82) is 0 Å². The Morgan fingerprint density at radius 2 is 0.462 bits per heavy atom. The molecule has 78 heavy (non-hydrogen) atoms. The maximum Gasteiger partial charge on any atom is 0.164 e. The van der Waals surface area contributed by atoms with Crippen LogP contribution in [-0.2, 0) is 0 Å². The van der Waals surface area contributed by atoms with Gasteiger partial charge in [0.2, 0.25) is 0 Å². The van der Waals surface area contributed by atoms with E-state index in [0.29, 0.717) is 34.9 Å². The maximum atomic E-state index is 5.13. The Hall–Kier alpha value is -10.3. The van der Waals surface area contributed by atoms with Gasteiger partial charge in [0.1, 0.15) is 0 Å². The first-order valence-corrected chi connectivity index (χ1v) is 26.4. The Bertz CT molecular complexity index is 4170. The number of hydrogen-bond acceptors (Lipinski definition) is 6. The average Bonchev–Trinajstić information content (AvgIpc) is 3.57. The third kappa shape index (κ3) is 10.3. The quantitative estimate of drug-likeness (QED) is 0.121. The van der Waals surface area contributed by atoms with Crippen molar-refractivity contribution in [3.8, 4) is 113 Å². The van der Waals surface area contributed by atoms with Crippen molar-refractivity contribution < 1.29 is 0 Å². The van der Waals surface area contributed by atoms with Gasteiger partial charge < -0.3 is 0 Å². The van der Waals surface area contributed by atoms with Crippen LogP contribution in [0.5, 0.6) is 0 Å². The molecule has 0 amide bonds. The summed E-state index contributed by atoms with van der Waals surface area (Å²) in [6.45, 7) is 0. The zero-order valence-electron chi connectivity index (χ0n) is 42.7. The van der Waals surface area contributed by atoms with Crippen LogP contribution in [0.4, 0.5) is 0 Å². The van der Waals surface area contributed by atoms with Crippen molar-refractivity contribution >= 4 is 11.1 Å². The van der Waals surface area contributed by atoms with E-state index in [1.807, 2.05) is 72.8 Å². The molecule has 12 aromatic rings. The molecular formula is C72H50N6. The van der Waals surface area contributed by atoms with Gasteiger partial charge in [-0.25, -0.2) is 29.9 Å². The Labute approximate surface area is 454 Å². The van der Waals surface area contributed by atoms with Gasteiger partial charge in [-0.2, -0.15) is 0 Å². The third-order valence-electron chi connectivity index (χ3n) is 14.3. The number of benzene rings is 10. The van der Waals surface area contributed by atoms with Crippen molar-refractivity contribution in [3.05, 3.63) is 290 Å². The van der Waals surface area contributed by atoms with E-state index < -0.39 is 0 Å². The molecule has 0 bridgehead atoms. The van der Waals surface area contributed by atoms with Crippen molar-refractivity contribution in [1.82, 2.24) is 29.9 Å². The SMILES string of the molecule is C1=C(c2cccc(-c3nc(-c4ccccc4)nc(-c4ccc(-c5ccccc5)cc4)n3)c2)C=C(c2cccc(-c3cccc(-c4cccc(-c5nc(-c6ccccc6)nc(-c6cccc(-c7ccccc7)c6)n5)c4)c3)c2)CC1. The molecule has 6 nitrogen and oxygen atoms in total. The van der Waals surface area contributed by atoms with Crippen LogP contribution in [0.3, 0.4) is 0 Å². The van der Waals surface area contributed by atoms with Gasteiger partial charge in [0.15, 0.2) is 34.9 Å². The molecule has 0 aliphatic heterocycles. The lowest BCUT2D eigenvalue weighted by Gasteiger charge is -2.16. The molecule has 0 saturated heterocycles. The zero-order chi connectivity index (χ0) is 52.0. The topological polar surface area (TPSA) is 77.3 Å². The van der Waals surface area contributed by atoms with E-state index in [1.165, 1.54) is 22.3 Å². The van der Waals surface area contributed by atoms with Gasteiger partial charge in [-0.05, 0) is 110 Å². The van der Waals surface area contributed by atoms with Crippen molar-refractivity contribution in [2.45, 2.75) is 12.8 Å². The molecular weight excluding hydrogens is 949 g/mol. The highest BCUT2D eigenvalue weighted by molar-refractivity contribution is 5.88. The second-order valence-corrected chi connectivity index (χ2v) is 19.4. The van der Waals surface area contributed by atoms with E-state index in [4.69, 9.17) is 29.9 Å². The average molecular weight is 999 g/mol. The molecule has 13 rings (SSSR count). The molecule has 0 unspecified atom stereocenters. The summed E-state index contributed by atoms with van der Waals surface area (Å²) in [4.78, 5) is 30.4. The predicted octanol–water partition coefficient (Wildman–Crippen LogP) is 18.0. The summed E-state index contributed by atoms with van der Waals surface area (Å²) in [6, 6.07) is 92.8. The van der Waals surface area contributed by atoms with E-state index in [-0.39, 0.29) is 0 Å². The van der Waals surface area contributed by atoms with Gasteiger partial charge >= 0.3 is 0 Å². The molecule has 0 spiro atoms. The van der Waals surface area contributed by atoms with Crippen LogP contribution in [0, 0.1) is 0 Å². The Balaban J connectivity index is 0.782. The van der Waals surface area contributed by atoms with Gasteiger partial charge in [0, 0.05) is 33.4 Å². The van der Waals surface area contributed by atoms with Gasteiger partial charge in [-0.1, -0.05) is 249 Å². The molecule has 0 atom stereocenters. The molecule has 0 N–H and O–H groups in total. The fourth-order valence-corrected chi connectivity index (χ4v) is 10.2. The van der Waals surface area contributed by atoms with Crippen LogP contribution in [0.15, 0.2) is 279 Å². The van der Waals surface area contributed by atoms with Gasteiger partial charge in [-0.3, -0.25) is 0 Å². The molecule has 1 aliphatic rings. The Morgan fingerprint density at radius 3 is 0.897 bits per heavy atom. The summed E-state index contributed by atoms with van der Waals surface area (Å²) >= 11 is 0. The molecule has 6 heteroatoms. The zero-order valence-corrected chi connectivity index (χ0v) is 42.7. The maximum absolute atomic E-state index is 5.13. The number of aromatic nitrogens is 6. The van der Waals surface area contributed by atoms with Crippen LogP contribution in [0.25, 0.3) is 124 Å². The summed E-state index contributed by atoms with van der Waals surface area (Å²) in [6.07, 6.45) is 6.57. The summed E-state index contributed by atoms with van der Waals surface area (Å²) in [5.74, 6) is 3.78. The van der Waals surface area contributed by atoms with Gasteiger partial charge in [0.25, 0.3) is 0 Å². The monoisotopic (exact) mass is 998 g/mol. The number of nitrogens with zero attached hydrogens (tertiary/aromatic N) is 6. The molecule has 0 fully saturated rings. The van der Waals surface area contributed by atoms with E-state index in [2.05, 4.69) is 206 Å². The Morgan fingerprint density at radius 1 is 0.205 bits per heavy atom. The van der Waals surface area contributed by atoms with Crippen LogP contribution in [-0.4, -0.2) is 29.9 Å². The minimum atomic E-state index is 0.619. The molecule has 2 heterocycles. The van der Waals surface area contributed by atoms with Crippen molar-refractivity contribution in [3.63, 3.8) is 0 Å². The first-order valence-electron chi connectivity index (χ1n) is 26.4. The second-order valence-electron chi connectivity index (χ2n) is 19.4. The lowest BCUT2D eigenvalue weighted by molar-refractivity contribution is 1.06. The molecule has 368 valence electrons. The number of hydrogen-bond donors (Lipinski definition) is 0. The highest BCUT2D eigenvalue weighted by Gasteiger charge is 2.18. The van der Waals surface area contributed by atoms with E-state index >= 15 is 0 Å². The van der Waals surface area contributed by atoms with Crippen LogP contribution >= 0.6 is 0 Å². The summed E-state index contributed by atoms with van der Waals surface area (Å²) in [7, 11) is 0. The van der Waals surface area contributed by atoms with Gasteiger partial charge in [0.05, 0.1) is 0 Å². The van der Waals surface area contributed by atoms with Crippen molar-refractivity contribution in [2.24, 2.45) is 0 Å². The fraction of sp³-hybridized carbons (Fsp3) is 0.0278. The van der Waals surface area contributed by atoms with Crippen LogP contribution in [0.2, 0.25) is 0 Å². The predicted molar refractivity (Wildman–Crippen MR) is 319 cm³/mol. The smallest absolute Gasteiger partial charge is 0.164 e. The number of rotatable bonds is 12. The third-order valence-corrected chi connectivity index (χ3v) is 14.3. The normalized spacial score (nSPS) is 12.2. The standard InChI is InChI=1S/C72H50N6/c1-5-19-49(20-6-1)51-39-41-54(42-40-51)69-73-67(52-23-9-3-10-24-52)74-70(77-69)65-37-17-34-62(47-65)60-32-14-30-58(44-60)56-28-13-29-57(43-56)59-31-15-33-61(45-59)63-35-18-38-66(48-63)72-76-68(53-25-11-4-12-26-53)75-71(78-72)64-36-16-27-55(46-64)50-21-7-2-8-22-50/h1-13,15-29,31-48H,14,30H2. The summed E-state index contributed by atoms with van der Waals surface area (Å²) in [5, 5.41) is 0. The molecule has 2 aromatic heterocycles. The summed E-state index contributed by atoms with van der Waals surface area (Å²) < 4.78 is 0. The molecule has 0 radical (unpaired) electrons. The second kappa shape index (κ2) is 21.5. The van der Waals surface area contributed by atoms with Crippen LogP contribution in [0.1, 0.15) is 24.0 Å². The molecule has 1 aliphatic carbocycles. The molecule has 10 aromatic carbocycles. The van der Waals surface area contributed by atoms with E-state index in [1.54, 1.807) is 0 Å². The van der Waals surface area contributed by atoms with E-state index in [0.717, 1.165) is 90.7 Å².